The largest absolute Gasteiger partial charge is 0.0925 e. The lowest BCUT2D eigenvalue weighted by Crippen LogP contribution is -2.03. The van der Waals surface area contributed by atoms with Gasteiger partial charge in [-0.1, -0.05) is 54.5 Å². The van der Waals surface area contributed by atoms with E-state index in [1.54, 1.807) is 0 Å². The maximum Gasteiger partial charge on any atom is 0.00625 e. The van der Waals surface area contributed by atoms with Crippen molar-refractivity contribution in [3.8, 4) is 0 Å². The molecule has 0 aromatic rings. The van der Waals surface area contributed by atoms with Crippen molar-refractivity contribution in [1.82, 2.24) is 0 Å². The molecule has 12 heavy (non-hydrogen) atoms. The van der Waals surface area contributed by atoms with Gasteiger partial charge in [0.05, 0.1) is 0 Å². The summed E-state index contributed by atoms with van der Waals surface area (Å²) in [4.78, 5) is 0. The summed E-state index contributed by atoms with van der Waals surface area (Å²) in [6, 6.07) is 0. The van der Waals surface area contributed by atoms with Crippen LogP contribution in [0.15, 0.2) is 0 Å². The monoisotopic (exact) mass is 230 g/mol. The molecule has 0 amide bonds. The van der Waals surface area contributed by atoms with E-state index in [0.717, 1.165) is 17.8 Å². The highest BCUT2D eigenvalue weighted by atomic mass is 79.9. The number of hydrogen-bond donors (Lipinski definition) is 0. The third-order valence-corrected chi connectivity index (χ3v) is 4.51. The lowest BCUT2D eigenvalue weighted by atomic mass is 9.94. The molecule has 1 heteroatoms. The van der Waals surface area contributed by atoms with Crippen LogP contribution in [0, 0.1) is 17.8 Å². The van der Waals surface area contributed by atoms with Crippen molar-refractivity contribution in [2.75, 3.05) is 5.33 Å². The topological polar surface area (TPSA) is 0 Å². The second kappa shape index (κ2) is 4.13. The summed E-state index contributed by atoms with van der Waals surface area (Å²) < 4.78 is 0. The van der Waals surface area contributed by atoms with E-state index in [1.807, 2.05) is 0 Å². The number of hydrogen-bond acceptors (Lipinski definition) is 0. The Morgan fingerprint density at radius 2 is 1.67 bits per heavy atom. The molecule has 2 saturated carbocycles. The van der Waals surface area contributed by atoms with E-state index >= 15 is 0 Å². The summed E-state index contributed by atoms with van der Waals surface area (Å²) in [6.45, 7) is 0. The van der Waals surface area contributed by atoms with Gasteiger partial charge in [0, 0.05) is 5.33 Å². The Morgan fingerprint density at radius 1 is 1.00 bits per heavy atom. The third-order valence-electron chi connectivity index (χ3n) is 3.68. The first-order chi connectivity index (χ1) is 5.92. The Morgan fingerprint density at radius 3 is 2.17 bits per heavy atom. The van der Waals surface area contributed by atoms with E-state index < -0.39 is 0 Å². The van der Waals surface area contributed by atoms with Gasteiger partial charge in [-0.25, -0.2) is 0 Å². The average Bonchev–Trinajstić information content (AvgIpc) is 2.89. The lowest BCUT2D eigenvalue weighted by molar-refractivity contribution is 0.391. The zero-order valence-electron chi connectivity index (χ0n) is 7.77. The van der Waals surface area contributed by atoms with Gasteiger partial charge in [0.1, 0.15) is 0 Å². The Labute approximate surface area is 84.2 Å². The minimum absolute atomic E-state index is 1.05. The SMILES string of the molecule is BrCC1CC1C1CCCCCC1. The van der Waals surface area contributed by atoms with Crippen LogP contribution in [0.25, 0.3) is 0 Å². The number of halogens is 1. The molecule has 2 aliphatic carbocycles. The normalized spacial score (nSPS) is 37.8. The van der Waals surface area contributed by atoms with E-state index in [0.29, 0.717) is 0 Å². The quantitative estimate of drug-likeness (QED) is 0.498. The maximum absolute atomic E-state index is 3.60. The van der Waals surface area contributed by atoms with Gasteiger partial charge >= 0.3 is 0 Å². The van der Waals surface area contributed by atoms with Gasteiger partial charge in [-0.3, -0.25) is 0 Å². The Bertz CT molecular complexity index is 136. The van der Waals surface area contributed by atoms with Gasteiger partial charge in [0.15, 0.2) is 0 Å². The molecular weight excluding hydrogens is 212 g/mol. The Kier molecular flexibility index (Phi) is 3.11. The van der Waals surface area contributed by atoms with E-state index in [4.69, 9.17) is 0 Å². The third kappa shape index (κ3) is 2.04. The fourth-order valence-corrected chi connectivity index (χ4v) is 3.51. The first-order valence-electron chi connectivity index (χ1n) is 5.48. The Balaban J connectivity index is 1.79. The molecule has 70 valence electrons. The lowest BCUT2D eigenvalue weighted by Gasteiger charge is -2.12. The molecule has 0 nitrogen and oxygen atoms in total. The predicted molar refractivity (Wildman–Crippen MR) is 56.6 cm³/mol. The second-order valence-electron chi connectivity index (χ2n) is 4.57. The molecule has 0 spiro atoms. The van der Waals surface area contributed by atoms with Crippen LogP contribution in [0.4, 0.5) is 0 Å². The highest BCUT2D eigenvalue weighted by Gasteiger charge is 2.41. The second-order valence-corrected chi connectivity index (χ2v) is 5.21. The molecule has 0 aromatic carbocycles. The molecule has 0 bridgehead atoms. The van der Waals surface area contributed by atoms with Gasteiger partial charge < -0.3 is 0 Å². The molecule has 2 fully saturated rings. The molecule has 0 heterocycles. The minimum atomic E-state index is 1.05. The zero-order chi connectivity index (χ0) is 8.39. The zero-order valence-corrected chi connectivity index (χ0v) is 9.35. The maximum atomic E-state index is 3.60. The van der Waals surface area contributed by atoms with Crippen molar-refractivity contribution in [3.63, 3.8) is 0 Å². The first kappa shape index (κ1) is 9.05. The van der Waals surface area contributed by atoms with Crippen LogP contribution in [-0.2, 0) is 0 Å². The van der Waals surface area contributed by atoms with Crippen molar-refractivity contribution in [3.05, 3.63) is 0 Å². The summed E-state index contributed by atoms with van der Waals surface area (Å²) in [5, 5.41) is 1.26. The van der Waals surface area contributed by atoms with Crippen LogP contribution in [0.3, 0.4) is 0 Å². The van der Waals surface area contributed by atoms with Crippen molar-refractivity contribution in [2.24, 2.45) is 17.8 Å². The summed E-state index contributed by atoms with van der Waals surface area (Å²) in [5.41, 5.74) is 0. The van der Waals surface area contributed by atoms with Gasteiger partial charge in [-0.05, 0) is 24.2 Å². The van der Waals surface area contributed by atoms with E-state index in [1.165, 1.54) is 50.3 Å². The highest BCUT2D eigenvalue weighted by molar-refractivity contribution is 9.09. The van der Waals surface area contributed by atoms with Gasteiger partial charge in [-0.2, -0.15) is 0 Å². The fourth-order valence-electron chi connectivity index (χ4n) is 2.76. The summed E-state index contributed by atoms with van der Waals surface area (Å²) >= 11 is 3.60. The smallest absolute Gasteiger partial charge is 0.00625 e. The van der Waals surface area contributed by atoms with Crippen molar-refractivity contribution >= 4 is 15.9 Å². The minimum Gasteiger partial charge on any atom is -0.0925 e. The van der Waals surface area contributed by atoms with Crippen molar-refractivity contribution < 1.29 is 0 Å². The van der Waals surface area contributed by atoms with Crippen LogP contribution in [0.1, 0.15) is 44.9 Å². The van der Waals surface area contributed by atoms with E-state index in [9.17, 15) is 0 Å². The first-order valence-corrected chi connectivity index (χ1v) is 6.60. The van der Waals surface area contributed by atoms with E-state index in [-0.39, 0.29) is 0 Å². The molecule has 0 aliphatic heterocycles. The molecule has 0 aromatic heterocycles. The fraction of sp³-hybridized carbons (Fsp3) is 1.00. The Hall–Kier alpha value is 0.480. The average molecular weight is 231 g/mol. The van der Waals surface area contributed by atoms with Gasteiger partial charge in [0.25, 0.3) is 0 Å². The summed E-state index contributed by atoms with van der Waals surface area (Å²) in [7, 11) is 0. The highest BCUT2D eigenvalue weighted by Crippen LogP contribution is 2.49. The van der Waals surface area contributed by atoms with Crippen LogP contribution < -0.4 is 0 Å². The molecule has 0 radical (unpaired) electrons. The van der Waals surface area contributed by atoms with Gasteiger partial charge in [-0.15, -0.1) is 0 Å². The standard InChI is InChI=1S/C11H19Br/c12-8-10-7-11(10)9-5-3-1-2-4-6-9/h9-11H,1-8H2. The number of rotatable bonds is 2. The molecule has 0 saturated heterocycles. The van der Waals surface area contributed by atoms with Crippen LogP contribution in [-0.4, -0.2) is 5.33 Å². The summed E-state index contributed by atoms with van der Waals surface area (Å²) in [6.07, 6.45) is 10.6. The molecule has 2 rings (SSSR count). The summed E-state index contributed by atoms with van der Waals surface area (Å²) in [5.74, 6) is 3.27. The molecule has 2 unspecified atom stereocenters. The molecule has 0 N–H and O–H groups in total. The van der Waals surface area contributed by atoms with Gasteiger partial charge in [0.2, 0.25) is 0 Å². The van der Waals surface area contributed by atoms with Crippen LogP contribution in [0.2, 0.25) is 0 Å². The van der Waals surface area contributed by atoms with Crippen molar-refractivity contribution in [2.45, 2.75) is 44.9 Å². The predicted octanol–water partition coefficient (Wildman–Crippen LogP) is 3.99. The number of alkyl halides is 1. The molecular formula is C11H19Br. The van der Waals surface area contributed by atoms with Crippen LogP contribution >= 0.6 is 15.9 Å². The molecule has 2 aliphatic rings. The van der Waals surface area contributed by atoms with Crippen LogP contribution in [0.5, 0.6) is 0 Å². The van der Waals surface area contributed by atoms with E-state index in [2.05, 4.69) is 15.9 Å². The van der Waals surface area contributed by atoms with Crippen molar-refractivity contribution in [1.29, 1.82) is 0 Å². The molecule has 2 atom stereocenters.